The van der Waals surface area contributed by atoms with Gasteiger partial charge in [0.1, 0.15) is 17.7 Å². The van der Waals surface area contributed by atoms with Crippen LogP contribution in [0.4, 0.5) is 0 Å². The molecule has 0 unspecified atom stereocenters. The Bertz CT molecular complexity index is 550. The molecule has 0 aliphatic rings. The molecule has 2 rings (SSSR count). The smallest absolute Gasteiger partial charge is 0.150 e. The number of pyridine rings is 1. The molecule has 0 amide bonds. The molecule has 0 N–H and O–H groups in total. The van der Waals surface area contributed by atoms with Gasteiger partial charge < -0.3 is 4.74 Å². The highest BCUT2D eigenvalue weighted by Gasteiger charge is 2.09. The molecule has 0 bridgehead atoms. The van der Waals surface area contributed by atoms with E-state index in [2.05, 4.69) is 4.98 Å². The lowest BCUT2D eigenvalue weighted by Gasteiger charge is -2.10. The first kappa shape index (κ1) is 11.3. The Morgan fingerprint density at radius 3 is 2.82 bits per heavy atom. The van der Waals surface area contributed by atoms with Crippen LogP contribution in [-0.2, 0) is 0 Å². The van der Waals surface area contributed by atoms with Crippen LogP contribution in [0.15, 0.2) is 36.5 Å². The van der Waals surface area contributed by atoms with Gasteiger partial charge >= 0.3 is 0 Å². The number of aldehydes is 1. The minimum absolute atomic E-state index is 0.637. The highest BCUT2D eigenvalue weighted by atomic mass is 16.5. The predicted octanol–water partition coefficient (Wildman–Crippen LogP) is 2.88. The number of methoxy groups -OCH3 is 1. The van der Waals surface area contributed by atoms with E-state index in [0.29, 0.717) is 11.3 Å². The van der Waals surface area contributed by atoms with E-state index in [1.807, 2.05) is 31.2 Å². The molecule has 1 aromatic carbocycles. The van der Waals surface area contributed by atoms with E-state index in [0.717, 1.165) is 23.1 Å². The Kier molecular flexibility index (Phi) is 3.19. The zero-order valence-corrected chi connectivity index (χ0v) is 9.81. The van der Waals surface area contributed by atoms with Crippen LogP contribution in [0.5, 0.6) is 5.75 Å². The Morgan fingerprint density at radius 1 is 1.29 bits per heavy atom. The summed E-state index contributed by atoms with van der Waals surface area (Å²) < 4.78 is 5.28. The first-order valence-electron chi connectivity index (χ1n) is 5.31. The minimum Gasteiger partial charge on any atom is -0.494 e. The van der Waals surface area contributed by atoms with Crippen molar-refractivity contribution in [1.82, 2.24) is 4.98 Å². The third-order valence-electron chi connectivity index (χ3n) is 2.64. The molecular weight excluding hydrogens is 214 g/mol. The normalized spacial score (nSPS) is 10.0. The molecule has 3 heteroatoms. The zero-order chi connectivity index (χ0) is 12.3. The van der Waals surface area contributed by atoms with Gasteiger partial charge in [0.15, 0.2) is 0 Å². The summed E-state index contributed by atoms with van der Waals surface area (Å²) in [6, 6.07) is 9.21. The summed E-state index contributed by atoms with van der Waals surface area (Å²) in [6.45, 7) is 1.98. The Hall–Kier alpha value is -2.16. The van der Waals surface area contributed by atoms with E-state index < -0.39 is 0 Å². The monoisotopic (exact) mass is 227 g/mol. The van der Waals surface area contributed by atoms with E-state index in [-0.39, 0.29) is 0 Å². The van der Waals surface area contributed by atoms with Crippen LogP contribution >= 0.6 is 0 Å². The molecule has 2 aromatic rings. The van der Waals surface area contributed by atoms with Crippen LogP contribution in [0, 0.1) is 6.92 Å². The molecule has 0 saturated heterocycles. The topological polar surface area (TPSA) is 39.2 Å². The molecular formula is C14H13NO2. The quantitative estimate of drug-likeness (QED) is 0.757. The third kappa shape index (κ3) is 2.18. The third-order valence-corrected chi connectivity index (χ3v) is 2.64. The molecule has 3 nitrogen and oxygen atoms in total. The van der Waals surface area contributed by atoms with Gasteiger partial charge in [-0.15, -0.1) is 0 Å². The van der Waals surface area contributed by atoms with Gasteiger partial charge in [-0.2, -0.15) is 0 Å². The largest absolute Gasteiger partial charge is 0.494 e. The fraction of sp³-hybridized carbons (Fsp3) is 0.143. The van der Waals surface area contributed by atoms with E-state index in [9.17, 15) is 4.79 Å². The van der Waals surface area contributed by atoms with Crippen LogP contribution in [-0.4, -0.2) is 18.4 Å². The summed E-state index contributed by atoms with van der Waals surface area (Å²) in [7, 11) is 1.61. The molecule has 0 radical (unpaired) electrons. The van der Waals surface area contributed by atoms with E-state index in [1.165, 1.54) is 0 Å². The van der Waals surface area contributed by atoms with E-state index >= 15 is 0 Å². The van der Waals surface area contributed by atoms with Crippen LogP contribution in [0.3, 0.4) is 0 Å². The van der Waals surface area contributed by atoms with Gasteiger partial charge in [0.2, 0.25) is 0 Å². The van der Waals surface area contributed by atoms with Crippen LogP contribution < -0.4 is 4.74 Å². The highest BCUT2D eigenvalue weighted by molar-refractivity contribution is 5.80. The first-order valence-corrected chi connectivity index (χ1v) is 5.31. The number of carbonyl (C=O) groups is 1. The maximum absolute atomic E-state index is 10.8. The molecule has 0 aliphatic heterocycles. The van der Waals surface area contributed by atoms with Crippen LogP contribution in [0.1, 0.15) is 15.9 Å². The molecule has 0 atom stereocenters. The number of benzene rings is 1. The lowest BCUT2D eigenvalue weighted by atomic mass is 10.0. The SMILES string of the molecule is COc1cccnc1-c1cc(C=O)ccc1C. The Balaban J connectivity index is 2.62. The molecule has 0 fully saturated rings. The molecule has 0 spiro atoms. The van der Waals surface area contributed by atoms with Crippen molar-refractivity contribution < 1.29 is 9.53 Å². The van der Waals surface area contributed by atoms with Crippen molar-refractivity contribution in [3.63, 3.8) is 0 Å². The molecule has 0 aliphatic carbocycles. The number of ether oxygens (including phenoxy) is 1. The minimum atomic E-state index is 0.637. The van der Waals surface area contributed by atoms with Crippen molar-refractivity contribution in [3.05, 3.63) is 47.7 Å². The summed E-state index contributed by atoms with van der Waals surface area (Å²) in [6.07, 6.45) is 2.54. The average Bonchev–Trinajstić information content (AvgIpc) is 2.39. The van der Waals surface area contributed by atoms with Gasteiger partial charge in [-0.05, 0) is 30.7 Å². The lowest BCUT2D eigenvalue weighted by molar-refractivity contribution is 0.112. The standard InChI is InChI=1S/C14H13NO2/c1-10-5-6-11(9-16)8-12(10)14-13(17-2)4-3-7-15-14/h3-9H,1-2H3. The van der Waals surface area contributed by atoms with Crippen LogP contribution in [0.2, 0.25) is 0 Å². The van der Waals surface area contributed by atoms with Gasteiger partial charge in [-0.3, -0.25) is 9.78 Å². The number of hydrogen-bond acceptors (Lipinski definition) is 3. The van der Waals surface area contributed by atoms with Crippen molar-refractivity contribution in [1.29, 1.82) is 0 Å². The fourth-order valence-corrected chi connectivity index (χ4v) is 1.73. The van der Waals surface area contributed by atoms with E-state index in [4.69, 9.17) is 4.74 Å². The number of rotatable bonds is 3. The maximum atomic E-state index is 10.8. The first-order chi connectivity index (χ1) is 8.26. The Labute approximate surface area is 100 Å². The molecule has 1 heterocycles. The van der Waals surface area contributed by atoms with Gasteiger partial charge in [-0.1, -0.05) is 12.1 Å². The van der Waals surface area contributed by atoms with Gasteiger partial charge in [0.25, 0.3) is 0 Å². The van der Waals surface area contributed by atoms with Gasteiger partial charge in [0, 0.05) is 17.3 Å². The van der Waals surface area contributed by atoms with E-state index in [1.54, 1.807) is 19.4 Å². The average molecular weight is 227 g/mol. The number of hydrogen-bond donors (Lipinski definition) is 0. The van der Waals surface area contributed by atoms with Crippen molar-refractivity contribution in [2.45, 2.75) is 6.92 Å². The van der Waals surface area contributed by atoms with Crippen molar-refractivity contribution in [3.8, 4) is 17.0 Å². The molecule has 86 valence electrons. The Morgan fingerprint density at radius 2 is 2.12 bits per heavy atom. The zero-order valence-electron chi connectivity index (χ0n) is 9.81. The summed E-state index contributed by atoms with van der Waals surface area (Å²) >= 11 is 0. The fourth-order valence-electron chi connectivity index (χ4n) is 1.73. The summed E-state index contributed by atoms with van der Waals surface area (Å²) in [5.41, 5.74) is 3.38. The van der Waals surface area contributed by atoms with Crippen molar-refractivity contribution in [2.24, 2.45) is 0 Å². The lowest BCUT2D eigenvalue weighted by Crippen LogP contribution is -1.94. The van der Waals surface area contributed by atoms with Gasteiger partial charge in [-0.25, -0.2) is 0 Å². The second-order valence-corrected chi connectivity index (χ2v) is 3.75. The van der Waals surface area contributed by atoms with Crippen LogP contribution in [0.25, 0.3) is 11.3 Å². The second-order valence-electron chi connectivity index (χ2n) is 3.75. The number of aromatic nitrogens is 1. The summed E-state index contributed by atoms with van der Waals surface area (Å²) in [4.78, 5) is 15.1. The second kappa shape index (κ2) is 4.78. The number of aryl methyl sites for hydroxylation is 1. The molecule has 0 saturated carbocycles. The summed E-state index contributed by atoms with van der Waals surface area (Å²) in [5.74, 6) is 0.707. The number of nitrogens with zero attached hydrogens (tertiary/aromatic N) is 1. The summed E-state index contributed by atoms with van der Waals surface area (Å²) in [5, 5.41) is 0. The molecule has 1 aromatic heterocycles. The highest BCUT2D eigenvalue weighted by Crippen LogP contribution is 2.30. The van der Waals surface area contributed by atoms with Crippen molar-refractivity contribution >= 4 is 6.29 Å². The van der Waals surface area contributed by atoms with Crippen molar-refractivity contribution in [2.75, 3.05) is 7.11 Å². The number of carbonyl (C=O) groups excluding carboxylic acids is 1. The molecule has 17 heavy (non-hydrogen) atoms. The maximum Gasteiger partial charge on any atom is 0.150 e. The van der Waals surface area contributed by atoms with Gasteiger partial charge in [0.05, 0.1) is 7.11 Å². The predicted molar refractivity (Wildman–Crippen MR) is 66.3 cm³/mol.